The molecule has 0 radical (unpaired) electrons. The maximum atomic E-state index is 14.4. The second kappa shape index (κ2) is 15.2. The highest BCUT2D eigenvalue weighted by Gasteiger charge is 2.19. The van der Waals surface area contributed by atoms with Crippen LogP contribution in [0.4, 0.5) is 15.2 Å². The summed E-state index contributed by atoms with van der Waals surface area (Å²) in [7, 11) is 0. The van der Waals surface area contributed by atoms with E-state index in [0.29, 0.717) is 42.6 Å². The van der Waals surface area contributed by atoms with Crippen LogP contribution in [0.25, 0.3) is 17.3 Å². The molecular weight excluding hydrogens is 666 g/mol. The summed E-state index contributed by atoms with van der Waals surface area (Å²) in [4.78, 5) is 44.4. The van der Waals surface area contributed by atoms with Gasteiger partial charge in [-0.05, 0) is 67.6 Å². The topological polar surface area (TPSA) is 100 Å². The summed E-state index contributed by atoms with van der Waals surface area (Å²) in [6.07, 6.45) is 1.28. The van der Waals surface area contributed by atoms with Gasteiger partial charge in [0.25, 0.3) is 11.8 Å². The number of aromatic nitrogens is 1. The van der Waals surface area contributed by atoms with Gasteiger partial charge >= 0.3 is 0 Å². The van der Waals surface area contributed by atoms with Crippen molar-refractivity contribution in [1.82, 2.24) is 10.3 Å². The molecule has 12 heteroatoms. The largest absolute Gasteiger partial charge is 0.321 e. The Bertz CT molecular complexity index is 1930. The molecule has 0 fully saturated rings. The Labute approximate surface area is 282 Å². The summed E-state index contributed by atoms with van der Waals surface area (Å²) in [6.45, 7) is 1.75. The summed E-state index contributed by atoms with van der Waals surface area (Å²) in [5, 5.41) is 10.9. The molecule has 1 atom stereocenters. The van der Waals surface area contributed by atoms with Gasteiger partial charge in [0.05, 0.1) is 16.0 Å². The van der Waals surface area contributed by atoms with Gasteiger partial charge in [0.2, 0.25) is 5.91 Å². The molecule has 1 unspecified atom stereocenters. The van der Waals surface area contributed by atoms with E-state index in [4.69, 9.17) is 23.2 Å². The Kier molecular flexibility index (Phi) is 10.9. The number of thioether (sulfide) groups is 1. The summed E-state index contributed by atoms with van der Waals surface area (Å²) >= 11 is 14.8. The smallest absolute Gasteiger partial charge is 0.272 e. The molecule has 232 valence electrons. The molecule has 4 aromatic carbocycles. The van der Waals surface area contributed by atoms with Gasteiger partial charge in [0, 0.05) is 37.7 Å². The molecule has 0 bridgehead atoms. The van der Waals surface area contributed by atoms with E-state index in [9.17, 15) is 18.8 Å². The van der Waals surface area contributed by atoms with Crippen molar-refractivity contribution in [3.05, 3.63) is 135 Å². The Balaban J connectivity index is 1.26. The Morgan fingerprint density at radius 3 is 2.43 bits per heavy atom. The lowest BCUT2D eigenvalue weighted by Crippen LogP contribution is -2.30. The minimum absolute atomic E-state index is 0.133. The van der Waals surface area contributed by atoms with Crippen molar-refractivity contribution < 1.29 is 18.8 Å². The highest BCUT2D eigenvalue weighted by molar-refractivity contribution is 8.00. The first-order valence-corrected chi connectivity index (χ1v) is 16.3. The number of nitrogens with zero attached hydrogens (tertiary/aromatic N) is 1. The third-order valence-electron chi connectivity index (χ3n) is 6.45. The molecule has 46 heavy (non-hydrogen) atoms. The van der Waals surface area contributed by atoms with Gasteiger partial charge in [0.15, 0.2) is 5.13 Å². The van der Waals surface area contributed by atoms with Gasteiger partial charge < -0.3 is 16.0 Å². The first kappa shape index (κ1) is 32.9. The molecule has 1 aromatic heterocycles. The van der Waals surface area contributed by atoms with Crippen LogP contribution in [-0.2, 0) is 9.59 Å². The van der Waals surface area contributed by atoms with E-state index in [1.807, 2.05) is 0 Å². The molecule has 0 aliphatic carbocycles. The monoisotopic (exact) mass is 690 g/mol. The molecule has 5 rings (SSSR count). The number of rotatable bonds is 10. The van der Waals surface area contributed by atoms with Crippen molar-refractivity contribution in [1.29, 1.82) is 0 Å². The Morgan fingerprint density at radius 1 is 0.913 bits per heavy atom. The first-order chi connectivity index (χ1) is 22.2. The zero-order valence-electron chi connectivity index (χ0n) is 24.1. The van der Waals surface area contributed by atoms with Gasteiger partial charge in [-0.25, -0.2) is 9.37 Å². The van der Waals surface area contributed by atoms with Crippen molar-refractivity contribution >= 4 is 80.9 Å². The van der Waals surface area contributed by atoms with E-state index in [1.165, 1.54) is 47.4 Å². The fraction of sp³-hybridized carbons (Fsp3) is 0.0588. The number of benzene rings is 4. The zero-order chi connectivity index (χ0) is 32.6. The van der Waals surface area contributed by atoms with Gasteiger partial charge in [-0.3, -0.25) is 14.4 Å². The molecule has 7 nitrogen and oxygen atoms in total. The van der Waals surface area contributed by atoms with Crippen molar-refractivity contribution in [2.75, 3.05) is 10.6 Å². The summed E-state index contributed by atoms with van der Waals surface area (Å²) in [5.41, 5.74) is 2.06. The number of thiazole rings is 1. The average Bonchev–Trinajstić information content (AvgIpc) is 3.50. The van der Waals surface area contributed by atoms with Crippen molar-refractivity contribution in [3.8, 4) is 11.3 Å². The standard InChI is InChI=1S/C34H25Cl2FN4O3S2/c1-20(31(42)41-34-40-30(19-45-34)26-15-14-23(35)17-27(26)36)46-25-12-7-11-24(18-25)38-33(44)29(16-22-10-5-6-13-28(22)37)39-32(43)21-8-3-2-4-9-21/h2-20H,1H3,(H,38,44)(H,39,43)(H,40,41,42)/b29-16-. The van der Waals surface area contributed by atoms with Crippen LogP contribution in [-0.4, -0.2) is 28.0 Å². The average molecular weight is 692 g/mol. The van der Waals surface area contributed by atoms with Gasteiger partial charge in [-0.2, -0.15) is 0 Å². The van der Waals surface area contributed by atoms with E-state index in [0.717, 1.165) is 0 Å². The number of carbonyl (C=O) groups is 3. The number of nitrogens with one attached hydrogen (secondary N) is 3. The van der Waals surface area contributed by atoms with Crippen LogP contribution < -0.4 is 16.0 Å². The lowest BCUT2D eigenvalue weighted by Gasteiger charge is -2.14. The maximum absolute atomic E-state index is 14.4. The van der Waals surface area contributed by atoms with Gasteiger partial charge in [-0.15, -0.1) is 23.1 Å². The van der Waals surface area contributed by atoms with Crippen LogP contribution in [0.5, 0.6) is 0 Å². The van der Waals surface area contributed by atoms with Crippen LogP contribution in [0.3, 0.4) is 0 Å². The summed E-state index contributed by atoms with van der Waals surface area (Å²) < 4.78 is 14.4. The second-order valence-electron chi connectivity index (χ2n) is 9.79. The van der Waals surface area contributed by atoms with E-state index < -0.39 is 22.9 Å². The Morgan fingerprint density at radius 2 is 1.67 bits per heavy atom. The highest BCUT2D eigenvalue weighted by atomic mass is 35.5. The van der Waals surface area contributed by atoms with Gasteiger partial charge in [-0.1, -0.05) is 65.7 Å². The molecule has 0 saturated heterocycles. The number of amides is 3. The van der Waals surface area contributed by atoms with E-state index in [-0.39, 0.29) is 17.2 Å². The molecule has 1 heterocycles. The molecule has 3 amide bonds. The number of hydrogen-bond donors (Lipinski definition) is 3. The third kappa shape index (κ3) is 8.61. The van der Waals surface area contributed by atoms with Crippen LogP contribution >= 0.6 is 46.3 Å². The van der Waals surface area contributed by atoms with Crippen molar-refractivity contribution in [2.24, 2.45) is 0 Å². The summed E-state index contributed by atoms with van der Waals surface area (Å²) in [5.74, 6) is -1.98. The first-order valence-electron chi connectivity index (χ1n) is 13.8. The van der Waals surface area contributed by atoms with Crippen LogP contribution in [0, 0.1) is 5.82 Å². The predicted molar refractivity (Wildman–Crippen MR) is 185 cm³/mol. The predicted octanol–water partition coefficient (Wildman–Crippen LogP) is 8.78. The quantitative estimate of drug-likeness (QED) is 0.100. The van der Waals surface area contributed by atoms with E-state index >= 15 is 0 Å². The number of hydrogen-bond acceptors (Lipinski definition) is 6. The number of halogens is 3. The third-order valence-corrected chi connectivity index (χ3v) is 8.85. The molecule has 0 aliphatic rings. The molecule has 0 spiro atoms. The molecular formula is C34H25Cl2FN4O3S2. The lowest BCUT2D eigenvalue weighted by atomic mass is 10.1. The fourth-order valence-corrected chi connectivity index (χ4v) is 6.30. The van der Waals surface area contributed by atoms with Crippen LogP contribution in [0.2, 0.25) is 10.0 Å². The molecule has 5 aromatic rings. The van der Waals surface area contributed by atoms with Crippen molar-refractivity contribution in [3.63, 3.8) is 0 Å². The molecule has 0 aliphatic heterocycles. The lowest BCUT2D eigenvalue weighted by molar-refractivity contribution is -0.115. The minimum Gasteiger partial charge on any atom is -0.321 e. The van der Waals surface area contributed by atoms with Crippen molar-refractivity contribution in [2.45, 2.75) is 17.1 Å². The van der Waals surface area contributed by atoms with Crippen LogP contribution in [0.15, 0.2) is 113 Å². The minimum atomic E-state index is -0.652. The normalized spacial score (nSPS) is 11.9. The SMILES string of the molecule is CC(Sc1cccc(NC(=O)/C(=C/c2ccccc2F)NC(=O)c2ccccc2)c1)C(=O)Nc1nc(-c2ccc(Cl)cc2Cl)cs1. The zero-order valence-corrected chi connectivity index (χ0v) is 27.2. The van der Waals surface area contributed by atoms with Crippen LogP contribution in [0.1, 0.15) is 22.8 Å². The fourth-order valence-electron chi connectivity index (χ4n) is 4.15. The Hall–Kier alpha value is -4.48. The second-order valence-corrected chi connectivity index (χ2v) is 12.9. The maximum Gasteiger partial charge on any atom is 0.272 e. The van der Waals surface area contributed by atoms with Gasteiger partial charge in [0.1, 0.15) is 11.5 Å². The molecule has 0 saturated carbocycles. The molecule has 3 N–H and O–H groups in total. The highest BCUT2D eigenvalue weighted by Crippen LogP contribution is 2.33. The number of carbonyl (C=O) groups excluding carboxylic acids is 3. The summed E-state index contributed by atoms with van der Waals surface area (Å²) in [6, 6.07) is 26.3. The number of anilines is 2. The van der Waals surface area contributed by atoms with E-state index in [2.05, 4.69) is 20.9 Å². The van der Waals surface area contributed by atoms with E-state index in [1.54, 1.807) is 91.2 Å².